The highest BCUT2D eigenvalue weighted by molar-refractivity contribution is 14.0. The molecule has 0 aliphatic carbocycles. The average Bonchev–Trinajstić information content (AvgIpc) is 3.11. The summed E-state index contributed by atoms with van der Waals surface area (Å²) in [7, 11) is 1.80. The topological polar surface area (TPSA) is 49.3 Å². The predicted molar refractivity (Wildman–Crippen MR) is 108 cm³/mol. The van der Waals surface area contributed by atoms with Crippen molar-refractivity contribution in [2.24, 2.45) is 10.9 Å². The van der Waals surface area contributed by atoms with Crippen LogP contribution in [0.3, 0.4) is 0 Å². The van der Waals surface area contributed by atoms with E-state index in [-0.39, 0.29) is 24.0 Å². The summed E-state index contributed by atoms with van der Waals surface area (Å²) in [4.78, 5) is 11.2. The van der Waals surface area contributed by atoms with Crippen molar-refractivity contribution in [1.82, 2.24) is 15.6 Å². The lowest BCUT2D eigenvalue weighted by atomic mass is 10.1. The Morgan fingerprint density at radius 1 is 1.36 bits per heavy atom. The molecule has 0 fully saturated rings. The zero-order valence-electron chi connectivity index (χ0n) is 13.1. The number of thiophene rings is 1. The van der Waals surface area contributed by atoms with Crippen LogP contribution in [0.1, 0.15) is 22.4 Å². The van der Waals surface area contributed by atoms with Gasteiger partial charge in [-0.1, -0.05) is 13.0 Å². The Labute approximate surface area is 157 Å². The minimum Gasteiger partial charge on any atom is -0.356 e. The van der Waals surface area contributed by atoms with Gasteiger partial charge in [-0.25, -0.2) is 4.98 Å². The van der Waals surface area contributed by atoms with Crippen molar-refractivity contribution in [1.29, 1.82) is 0 Å². The largest absolute Gasteiger partial charge is 0.356 e. The molecule has 4 nitrogen and oxygen atoms in total. The first-order valence-corrected chi connectivity index (χ1v) is 8.80. The van der Waals surface area contributed by atoms with Crippen molar-refractivity contribution >= 4 is 52.6 Å². The van der Waals surface area contributed by atoms with E-state index in [1.54, 1.807) is 18.4 Å². The van der Waals surface area contributed by atoms with Gasteiger partial charge in [0.15, 0.2) is 5.96 Å². The van der Waals surface area contributed by atoms with E-state index in [9.17, 15) is 0 Å². The van der Waals surface area contributed by atoms with Crippen LogP contribution in [0, 0.1) is 12.8 Å². The Bertz CT molecular complexity index is 566. The standard InChI is InChI=1S/C15H22N4S2.HI/c1-11(7-13-5-4-6-20-13)8-17-15(16-3)18-9-14-12(2)19-10-21-14;/h4-6,10-11H,7-9H2,1-3H3,(H2,16,17,18);1H. The number of nitrogens with one attached hydrogen (secondary N) is 2. The van der Waals surface area contributed by atoms with Crippen molar-refractivity contribution in [2.45, 2.75) is 26.8 Å². The predicted octanol–water partition coefficient (Wildman–Crippen LogP) is 3.67. The second-order valence-corrected chi connectivity index (χ2v) is 7.03. The third-order valence-electron chi connectivity index (χ3n) is 3.23. The molecule has 2 heterocycles. The van der Waals surface area contributed by atoms with Crippen molar-refractivity contribution in [3.05, 3.63) is 38.5 Å². The highest BCUT2D eigenvalue weighted by Crippen LogP contribution is 2.14. The monoisotopic (exact) mass is 450 g/mol. The second-order valence-electron chi connectivity index (χ2n) is 5.06. The van der Waals surface area contributed by atoms with Crippen LogP contribution in [0.5, 0.6) is 0 Å². The first kappa shape index (κ1) is 19.4. The number of hydrogen-bond donors (Lipinski definition) is 2. The fourth-order valence-electron chi connectivity index (χ4n) is 2.00. The third kappa shape index (κ3) is 6.21. The fraction of sp³-hybridized carbons (Fsp3) is 0.467. The quantitative estimate of drug-likeness (QED) is 0.401. The van der Waals surface area contributed by atoms with Gasteiger partial charge >= 0.3 is 0 Å². The van der Waals surface area contributed by atoms with Gasteiger partial charge in [-0.15, -0.1) is 46.7 Å². The molecule has 0 saturated carbocycles. The Hall–Kier alpha value is -0.670. The molecule has 1 atom stereocenters. The van der Waals surface area contributed by atoms with Crippen LogP contribution >= 0.6 is 46.7 Å². The molecular weight excluding hydrogens is 427 g/mol. The molecule has 0 saturated heterocycles. The Balaban J connectivity index is 0.00000242. The summed E-state index contributed by atoms with van der Waals surface area (Å²) < 4.78 is 0. The second kappa shape index (κ2) is 10.2. The van der Waals surface area contributed by atoms with E-state index in [0.717, 1.165) is 31.2 Å². The zero-order valence-corrected chi connectivity index (χ0v) is 17.1. The van der Waals surface area contributed by atoms with Crippen LogP contribution in [-0.2, 0) is 13.0 Å². The third-order valence-corrected chi connectivity index (χ3v) is 5.07. The maximum atomic E-state index is 4.27. The summed E-state index contributed by atoms with van der Waals surface area (Å²) in [5.41, 5.74) is 2.97. The highest BCUT2D eigenvalue weighted by Gasteiger charge is 2.07. The lowest BCUT2D eigenvalue weighted by Gasteiger charge is -2.15. The molecule has 0 aliphatic heterocycles. The first-order valence-electron chi connectivity index (χ1n) is 7.05. The summed E-state index contributed by atoms with van der Waals surface area (Å²) in [6, 6.07) is 4.30. The van der Waals surface area contributed by atoms with Gasteiger partial charge in [0.05, 0.1) is 17.7 Å². The number of aromatic nitrogens is 1. The summed E-state index contributed by atoms with van der Waals surface area (Å²) >= 11 is 3.50. The van der Waals surface area contributed by atoms with Crippen LogP contribution in [0.25, 0.3) is 0 Å². The number of aliphatic imine (C=N–C) groups is 1. The first-order chi connectivity index (χ1) is 10.2. The number of nitrogens with zero attached hydrogens (tertiary/aromatic N) is 2. The van der Waals surface area contributed by atoms with E-state index in [0.29, 0.717) is 5.92 Å². The van der Waals surface area contributed by atoms with Gasteiger partial charge in [0, 0.05) is 23.3 Å². The molecule has 2 N–H and O–H groups in total. The molecule has 2 aromatic heterocycles. The molecule has 1 unspecified atom stereocenters. The number of guanidine groups is 1. The molecule has 0 aliphatic rings. The van der Waals surface area contributed by atoms with E-state index in [1.807, 2.05) is 23.8 Å². The Morgan fingerprint density at radius 2 is 2.18 bits per heavy atom. The van der Waals surface area contributed by atoms with E-state index < -0.39 is 0 Å². The SMILES string of the molecule is CN=C(NCc1scnc1C)NCC(C)Cc1cccs1.I. The minimum absolute atomic E-state index is 0. The van der Waals surface area contributed by atoms with Crippen LogP contribution in [0.4, 0.5) is 0 Å². The summed E-state index contributed by atoms with van der Waals surface area (Å²) in [5, 5.41) is 8.86. The van der Waals surface area contributed by atoms with Gasteiger partial charge < -0.3 is 10.6 Å². The van der Waals surface area contributed by atoms with Gasteiger partial charge in [0.25, 0.3) is 0 Å². The van der Waals surface area contributed by atoms with Gasteiger partial charge in [-0.2, -0.15) is 0 Å². The van der Waals surface area contributed by atoms with Crippen molar-refractivity contribution in [3.8, 4) is 0 Å². The number of hydrogen-bond acceptors (Lipinski definition) is 4. The maximum Gasteiger partial charge on any atom is 0.191 e. The lowest BCUT2D eigenvalue weighted by molar-refractivity contribution is 0.562. The Kier molecular flexibility index (Phi) is 8.96. The molecule has 2 rings (SSSR count). The number of rotatable bonds is 6. The summed E-state index contributed by atoms with van der Waals surface area (Å²) in [6.45, 7) is 5.98. The van der Waals surface area contributed by atoms with E-state index >= 15 is 0 Å². The van der Waals surface area contributed by atoms with Crippen molar-refractivity contribution < 1.29 is 0 Å². The van der Waals surface area contributed by atoms with Crippen LogP contribution in [0.15, 0.2) is 28.0 Å². The number of halogens is 1. The van der Waals surface area contributed by atoms with Gasteiger partial charge in [0.2, 0.25) is 0 Å². The van der Waals surface area contributed by atoms with Gasteiger partial charge in [-0.05, 0) is 30.7 Å². The fourth-order valence-corrected chi connectivity index (χ4v) is 3.58. The molecule has 0 aromatic carbocycles. The number of aryl methyl sites for hydroxylation is 1. The number of thiazole rings is 1. The zero-order chi connectivity index (χ0) is 15.1. The molecule has 22 heavy (non-hydrogen) atoms. The van der Waals surface area contributed by atoms with E-state index in [1.165, 1.54) is 9.75 Å². The molecule has 0 spiro atoms. The summed E-state index contributed by atoms with van der Waals surface area (Å²) in [5.74, 6) is 1.42. The molecule has 0 amide bonds. The molecule has 2 aromatic rings. The van der Waals surface area contributed by atoms with Crippen LogP contribution < -0.4 is 10.6 Å². The molecule has 7 heteroatoms. The normalized spacial score (nSPS) is 12.6. The summed E-state index contributed by atoms with van der Waals surface area (Å²) in [6.07, 6.45) is 1.11. The van der Waals surface area contributed by atoms with Crippen molar-refractivity contribution in [3.63, 3.8) is 0 Å². The smallest absolute Gasteiger partial charge is 0.191 e. The molecule has 0 bridgehead atoms. The van der Waals surface area contributed by atoms with Gasteiger partial charge in [-0.3, -0.25) is 4.99 Å². The molecular formula is C15H23IN4S2. The van der Waals surface area contributed by atoms with Gasteiger partial charge in [0.1, 0.15) is 0 Å². The maximum absolute atomic E-state index is 4.27. The van der Waals surface area contributed by atoms with Crippen LogP contribution in [-0.4, -0.2) is 24.5 Å². The van der Waals surface area contributed by atoms with E-state index in [4.69, 9.17) is 0 Å². The highest BCUT2D eigenvalue weighted by atomic mass is 127. The molecule has 0 radical (unpaired) electrons. The Morgan fingerprint density at radius 3 is 2.77 bits per heavy atom. The molecule has 122 valence electrons. The van der Waals surface area contributed by atoms with Crippen LogP contribution in [0.2, 0.25) is 0 Å². The van der Waals surface area contributed by atoms with E-state index in [2.05, 4.69) is 45.0 Å². The lowest BCUT2D eigenvalue weighted by Crippen LogP contribution is -2.39. The average molecular weight is 450 g/mol. The van der Waals surface area contributed by atoms with Crippen molar-refractivity contribution in [2.75, 3.05) is 13.6 Å². The minimum atomic E-state index is 0.